The molecular formula is C17H16ClNO3. The number of carbonyl (C=O) groups excluding carboxylic acids is 1. The van der Waals surface area contributed by atoms with E-state index in [1.165, 1.54) is 0 Å². The van der Waals surface area contributed by atoms with Gasteiger partial charge in [-0.15, -0.1) is 0 Å². The van der Waals surface area contributed by atoms with Gasteiger partial charge in [0.15, 0.2) is 0 Å². The van der Waals surface area contributed by atoms with Gasteiger partial charge in [0.05, 0.1) is 11.8 Å². The highest BCUT2D eigenvalue weighted by molar-refractivity contribution is 6.30. The predicted octanol–water partition coefficient (Wildman–Crippen LogP) is 3.19. The molecule has 0 radical (unpaired) electrons. The van der Waals surface area contributed by atoms with Gasteiger partial charge in [-0.2, -0.15) is 0 Å². The van der Waals surface area contributed by atoms with E-state index in [0.717, 1.165) is 12.8 Å². The zero-order valence-electron chi connectivity index (χ0n) is 11.8. The Morgan fingerprint density at radius 3 is 2.23 bits per heavy atom. The van der Waals surface area contributed by atoms with E-state index in [1.807, 2.05) is 6.08 Å². The fourth-order valence-corrected chi connectivity index (χ4v) is 4.58. The number of benzene rings is 1. The second-order valence-electron chi connectivity index (χ2n) is 6.56. The number of carboxylic acids is 1. The molecule has 114 valence electrons. The number of halogens is 1. The Hall–Kier alpha value is -1.81. The maximum absolute atomic E-state index is 12.7. The quantitative estimate of drug-likeness (QED) is 0.841. The van der Waals surface area contributed by atoms with Crippen LogP contribution >= 0.6 is 11.6 Å². The van der Waals surface area contributed by atoms with Crippen molar-refractivity contribution in [1.29, 1.82) is 0 Å². The largest absolute Gasteiger partial charge is 0.481 e. The molecule has 0 aliphatic heterocycles. The van der Waals surface area contributed by atoms with E-state index in [4.69, 9.17) is 11.6 Å². The number of anilines is 1. The monoisotopic (exact) mass is 317 g/mol. The van der Waals surface area contributed by atoms with Gasteiger partial charge in [0.25, 0.3) is 0 Å². The van der Waals surface area contributed by atoms with Crippen molar-refractivity contribution >= 4 is 29.2 Å². The molecule has 1 spiro atoms. The fraction of sp³-hybridized carbons (Fsp3) is 0.412. The summed E-state index contributed by atoms with van der Waals surface area (Å²) in [6, 6.07) is 6.86. The molecule has 2 bridgehead atoms. The summed E-state index contributed by atoms with van der Waals surface area (Å²) in [5.74, 6) is -2.07. The van der Waals surface area contributed by atoms with Gasteiger partial charge in [-0.3, -0.25) is 9.59 Å². The van der Waals surface area contributed by atoms with Crippen LogP contribution in [0.5, 0.6) is 0 Å². The summed E-state index contributed by atoms with van der Waals surface area (Å²) >= 11 is 5.84. The molecule has 0 saturated heterocycles. The molecule has 2 N–H and O–H groups in total. The van der Waals surface area contributed by atoms with Crippen LogP contribution in [0.1, 0.15) is 12.8 Å². The minimum atomic E-state index is -0.862. The van der Waals surface area contributed by atoms with Crippen LogP contribution < -0.4 is 5.32 Å². The average molecular weight is 318 g/mol. The number of amides is 1. The van der Waals surface area contributed by atoms with Crippen LogP contribution in [0.2, 0.25) is 5.02 Å². The standard InChI is InChI=1S/C17H16ClNO3/c18-9-1-3-10(4-2-9)19-15(20)13-11-5-6-12(14(13)16(21)22)17(11)7-8-17/h1-6,11-14H,7-8H2,(H,19,20)(H,21,22)/t11-,12-,13+,14-/m0/s1. The molecule has 4 nitrogen and oxygen atoms in total. The summed E-state index contributed by atoms with van der Waals surface area (Å²) in [6.45, 7) is 0. The predicted molar refractivity (Wildman–Crippen MR) is 82.5 cm³/mol. The first-order valence-electron chi connectivity index (χ1n) is 7.50. The number of hydrogen-bond acceptors (Lipinski definition) is 2. The van der Waals surface area contributed by atoms with Crippen LogP contribution in [0.25, 0.3) is 0 Å². The first-order chi connectivity index (χ1) is 10.5. The Morgan fingerprint density at radius 1 is 1.09 bits per heavy atom. The van der Waals surface area contributed by atoms with Crippen molar-refractivity contribution in [3.63, 3.8) is 0 Å². The molecule has 22 heavy (non-hydrogen) atoms. The van der Waals surface area contributed by atoms with Gasteiger partial charge in [0, 0.05) is 10.7 Å². The molecule has 1 aromatic carbocycles. The van der Waals surface area contributed by atoms with Crippen LogP contribution in [-0.2, 0) is 9.59 Å². The smallest absolute Gasteiger partial charge is 0.307 e. The van der Waals surface area contributed by atoms with E-state index >= 15 is 0 Å². The van der Waals surface area contributed by atoms with Gasteiger partial charge in [0.2, 0.25) is 5.91 Å². The van der Waals surface area contributed by atoms with Crippen molar-refractivity contribution in [2.75, 3.05) is 5.32 Å². The first kappa shape index (κ1) is 13.8. The van der Waals surface area contributed by atoms with Crippen molar-refractivity contribution in [2.45, 2.75) is 12.8 Å². The summed E-state index contributed by atoms with van der Waals surface area (Å²) in [6.07, 6.45) is 6.14. The van der Waals surface area contributed by atoms with Gasteiger partial charge in [0.1, 0.15) is 0 Å². The maximum atomic E-state index is 12.7. The Kier molecular flexibility index (Phi) is 2.89. The van der Waals surface area contributed by atoms with Crippen molar-refractivity contribution in [3.8, 4) is 0 Å². The molecule has 3 aliphatic carbocycles. The third kappa shape index (κ3) is 1.83. The van der Waals surface area contributed by atoms with Crippen molar-refractivity contribution in [2.24, 2.45) is 29.1 Å². The van der Waals surface area contributed by atoms with E-state index in [0.29, 0.717) is 10.7 Å². The van der Waals surface area contributed by atoms with Crippen molar-refractivity contribution < 1.29 is 14.7 Å². The third-order valence-electron chi connectivity index (χ3n) is 5.54. The second kappa shape index (κ2) is 4.59. The molecule has 0 aromatic heterocycles. The highest BCUT2D eigenvalue weighted by Gasteiger charge is 2.70. The molecule has 2 fully saturated rings. The van der Waals surface area contributed by atoms with Crippen LogP contribution in [0.15, 0.2) is 36.4 Å². The number of hydrogen-bond donors (Lipinski definition) is 2. The molecule has 2 saturated carbocycles. The minimum Gasteiger partial charge on any atom is -0.481 e. The lowest BCUT2D eigenvalue weighted by Gasteiger charge is -2.23. The molecule has 4 rings (SSSR count). The Morgan fingerprint density at radius 2 is 1.68 bits per heavy atom. The lowest BCUT2D eigenvalue weighted by atomic mass is 9.82. The van der Waals surface area contributed by atoms with E-state index < -0.39 is 17.8 Å². The maximum Gasteiger partial charge on any atom is 0.307 e. The molecule has 1 aromatic rings. The molecule has 4 atom stereocenters. The van der Waals surface area contributed by atoms with E-state index in [9.17, 15) is 14.7 Å². The third-order valence-corrected chi connectivity index (χ3v) is 5.79. The first-order valence-corrected chi connectivity index (χ1v) is 7.88. The number of aliphatic carboxylic acids is 1. The van der Waals surface area contributed by atoms with Crippen molar-refractivity contribution in [3.05, 3.63) is 41.4 Å². The lowest BCUT2D eigenvalue weighted by Crippen LogP contribution is -2.36. The van der Waals surface area contributed by atoms with Gasteiger partial charge in [-0.25, -0.2) is 0 Å². The van der Waals surface area contributed by atoms with E-state index in [2.05, 4.69) is 11.4 Å². The molecular weight excluding hydrogens is 302 g/mol. The lowest BCUT2D eigenvalue weighted by molar-refractivity contribution is -0.146. The van der Waals surface area contributed by atoms with Gasteiger partial charge >= 0.3 is 5.97 Å². The van der Waals surface area contributed by atoms with Gasteiger partial charge < -0.3 is 10.4 Å². The summed E-state index contributed by atoms with van der Waals surface area (Å²) in [5, 5.41) is 13.0. The Bertz CT molecular complexity index is 678. The number of nitrogens with one attached hydrogen (secondary N) is 1. The van der Waals surface area contributed by atoms with Crippen LogP contribution in [-0.4, -0.2) is 17.0 Å². The molecule has 0 unspecified atom stereocenters. The van der Waals surface area contributed by atoms with Gasteiger partial charge in [-0.05, 0) is 54.4 Å². The number of carbonyl (C=O) groups is 2. The van der Waals surface area contributed by atoms with Crippen molar-refractivity contribution in [1.82, 2.24) is 0 Å². The van der Waals surface area contributed by atoms with E-state index in [1.54, 1.807) is 24.3 Å². The Balaban J connectivity index is 1.60. The topological polar surface area (TPSA) is 66.4 Å². The molecule has 5 heteroatoms. The fourth-order valence-electron chi connectivity index (χ4n) is 4.45. The zero-order chi connectivity index (χ0) is 15.5. The summed E-state index contributed by atoms with van der Waals surface area (Å²) < 4.78 is 0. The molecule has 3 aliphatic rings. The van der Waals surface area contributed by atoms with E-state index in [-0.39, 0.29) is 23.2 Å². The number of carboxylic acid groups (broad SMARTS) is 1. The minimum absolute atomic E-state index is 0.0102. The van der Waals surface area contributed by atoms with Crippen LogP contribution in [0, 0.1) is 29.1 Å². The number of allylic oxidation sites excluding steroid dienone is 2. The Labute approximate surface area is 133 Å². The highest BCUT2D eigenvalue weighted by atomic mass is 35.5. The number of rotatable bonds is 3. The highest BCUT2D eigenvalue weighted by Crippen LogP contribution is 2.72. The van der Waals surface area contributed by atoms with Crippen LogP contribution in [0.4, 0.5) is 5.69 Å². The van der Waals surface area contributed by atoms with Crippen LogP contribution in [0.3, 0.4) is 0 Å². The second-order valence-corrected chi connectivity index (χ2v) is 6.99. The van der Waals surface area contributed by atoms with Gasteiger partial charge in [-0.1, -0.05) is 23.8 Å². The normalized spacial score (nSPS) is 33.1. The summed E-state index contributed by atoms with van der Waals surface area (Å²) in [4.78, 5) is 24.4. The average Bonchev–Trinajstić information content (AvgIpc) is 3.15. The SMILES string of the molecule is O=C(O)[C@@H]1[C@H](C(=O)Nc2ccc(Cl)cc2)[C@@H]2C=C[C@@H]1C21CC1. The molecule has 1 amide bonds. The summed E-state index contributed by atoms with van der Waals surface area (Å²) in [5.41, 5.74) is 0.695. The molecule has 0 heterocycles. The zero-order valence-corrected chi connectivity index (χ0v) is 12.6. The summed E-state index contributed by atoms with van der Waals surface area (Å²) in [7, 11) is 0.